The first kappa shape index (κ1) is 13.2. The van der Waals surface area contributed by atoms with Crippen molar-refractivity contribution < 1.29 is 13.9 Å². The van der Waals surface area contributed by atoms with Gasteiger partial charge < -0.3 is 15.2 Å². The maximum absolute atomic E-state index is 13.2. The highest BCUT2D eigenvalue weighted by Gasteiger charge is 2.05. The van der Waals surface area contributed by atoms with Crippen molar-refractivity contribution in [3.05, 3.63) is 53.8 Å². The van der Waals surface area contributed by atoms with E-state index in [4.69, 9.17) is 15.2 Å². The van der Waals surface area contributed by atoms with Crippen LogP contribution in [0.4, 0.5) is 10.1 Å². The quantitative estimate of drug-likeness (QED) is 0.841. The summed E-state index contributed by atoms with van der Waals surface area (Å²) in [5, 5.41) is 0. The van der Waals surface area contributed by atoms with Gasteiger partial charge in [-0.25, -0.2) is 4.39 Å². The van der Waals surface area contributed by atoms with Gasteiger partial charge in [0.25, 0.3) is 0 Å². The van der Waals surface area contributed by atoms with Crippen LogP contribution in [0.25, 0.3) is 0 Å². The average Bonchev–Trinajstić information content (AvgIpc) is 2.41. The Balaban J connectivity index is 1.95. The topological polar surface area (TPSA) is 44.5 Å². The minimum Gasteiger partial charge on any atom is -0.496 e. The summed E-state index contributed by atoms with van der Waals surface area (Å²) in [5.74, 6) is 1.13. The fraction of sp³-hybridized carbons (Fsp3) is 0.200. The molecule has 100 valence electrons. The second-order valence-corrected chi connectivity index (χ2v) is 4.12. The molecule has 0 saturated heterocycles. The van der Waals surface area contributed by atoms with Gasteiger partial charge in [0.05, 0.1) is 13.7 Å². The van der Waals surface area contributed by atoms with E-state index in [1.807, 2.05) is 0 Å². The van der Waals surface area contributed by atoms with Crippen LogP contribution in [0.15, 0.2) is 42.5 Å². The van der Waals surface area contributed by atoms with Crippen LogP contribution in [-0.4, -0.2) is 13.7 Å². The molecule has 0 aromatic heterocycles. The van der Waals surface area contributed by atoms with Crippen LogP contribution >= 0.6 is 0 Å². The lowest BCUT2D eigenvalue weighted by molar-refractivity contribution is 0.318. The van der Waals surface area contributed by atoms with Crippen LogP contribution in [0.5, 0.6) is 11.5 Å². The van der Waals surface area contributed by atoms with E-state index in [-0.39, 0.29) is 5.82 Å². The molecule has 0 spiro atoms. The summed E-state index contributed by atoms with van der Waals surface area (Å²) >= 11 is 0. The number of nitrogen functional groups attached to an aromatic ring is 1. The maximum atomic E-state index is 13.2. The molecule has 0 radical (unpaired) electrons. The molecule has 2 aromatic carbocycles. The van der Waals surface area contributed by atoms with Crippen LogP contribution in [0, 0.1) is 5.82 Å². The predicted molar refractivity (Wildman–Crippen MR) is 73.0 cm³/mol. The first-order valence-corrected chi connectivity index (χ1v) is 6.00. The van der Waals surface area contributed by atoms with E-state index in [0.717, 1.165) is 11.3 Å². The second-order valence-electron chi connectivity index (χ2n) is 4.12. The molecule has 2 aromatic rings. The largest absolute Gasteiger partial charge is 0.496 e. The molecule has 0 unspecified atom stereocenters. The van der Waals surface area contributed by atoms with Gasteiger partial charge in [-0.1, -0.05) is 0 Å². The highest BCUT2D eigenvalue weighted by molar-refractivity contribution is 5.41. The summed E-state index contributed by atoms with van der Waals surface area (Å²) in [6.45, 7) is 0.448. The van der Waals surface area contributed by atoms with Crippen LogP contribution in [0.1, 0.15) is 5.56 Å². The van der Waals surface area contributed by atoms with Crippen molar-refractivity contribution in [3.63, 3.8) is 0 Å². The van der Waals surface area contributed by atoms with Crippen molar-refractivity contribution in [2.75, 3.05) is 19.5 Å². The molecule has 0 saturated carbocycles. The van der Waals surface area contributed by atoms with Gasteiger partial charge in [-0.15, -0.1) is 0 Å². The molecule has 0 bridgehead atoms. The van der Waals surface area contributed by atoms with Gasteiger partial charge in [-0.05, 0) is 42.5 Å². The zero-order valence-corrected chi connectivity index (χ0v) is 10.7. The highest BCUT2D eigenvalue weighted by atomic mass is 19.1. The molecular formula is C15H16FNO2. The fourth-order valence-electron chi connectivity index (χ4n) is 1.79. The summed E-state index contributed by atoms with van der Waals surface area (Å²) < 4.78 is 23.9. The molecule has 19 heavy (non-hydrogen) atoms. The SMILES string of the molecule is COc1ccc(F)cc1CCOc1ccc(N)cc1. The number of benzene rings is 2. The third-order valence-electron chi connectivity index (χ3n) is 2.76. The van der Waals surface area contributed by atoms with Crippen LogP contribution < -0.4 is 15.2 Å². The predicted octanol–water partition coefficient (Wildman–Crippen LogP) is 3.04. The van der Waals surface area contributed by atoms with Crippen molar-refractivity contribution in [1.82, 2.24) is 0 Å². The lowest BCUT2D eigenvalue weighted by atomic mass is 10.1. The second kappa shape index (κ2) is 6.09. The zero-order chi connectivity index (χ0) is 13.7. The monoisotopic (exact) mass is 261 g/mol. The van der Waals surface area contributed by atoms with Crippen molar-refractivity contribution in [1.29, 1.82) is 0 Å². The normalized spacial score (nSPS) is 10.2. The van der Waals surface area contributed by atoms with Gasteiger partial charge in [0.2, 0.25) is 0 Å². The fourth-order valence-corrected chi connectivity index (χ4v) is 1.79. The summed E-state index contributed by atoms with van der Waals surface area (Å²) in [6, 6.07) is 11.6. The molecule has 0 heterocycles. The third kappa shape index (κ3) is 3.61. The highest BCUT2D eigenvalue weighted by Crippen LogP contribution is 2.20. The van der Waals surface area contributed by atoms with E-state index < -0.39 is 0 Å². The Labute approximate surface area is 111 Å². The first-order chi connectivity index (χ1) is 9.19. The van der Waals surface area contributed by atoms with Crippen molar-refractivity contribution in [2.24, 2.45) is 0 Å². The molecule has 0 aliphatic carbocycles. The molecule has 0 atom stereocenters. The smallest absolute Gasteiger partial charge is 0.123 e. The van der Waals surface area contributed by atoms with E-state index in [1.165, 1.54) is 12.1 Å². The molecule has 3 nitrogen and oxygen atoms in total. The molecule has 0 amide bonds. The number of hydrogen-bond donors (Lipinski definition) is 1. The van der Waals surface area contributed by atoms with Crippen molar-refractivity contribution in [2.45, 2.75) is 6.42 Å². The van der Waals surface area contributed by atoms with E-state index in [0.29, 0.717) is 24.5 Å². The van der Waals surface area contributed by atoms with Crippen molar-refractivity contribution in [3.8, 4) is 11.5 Å². The van der Waals surface area contributed by atoms with Gasteiger partial charge >= 0.3 is 0 Å². The minimum absolute atomic E-state index is 0.275. The van der Waals surface area contributed by atoms with E-state index in [2.05, 4.69) is 0 Å². The Morgan fingerprint density at radius 2 is 1.84 bits per heavy atom. The van der Waals surface area contributed by atoms with Crippen LogP contribution in [-0.2, 0) is 6.42 Å². The van der Waals surface area contributed by atoms with Gasteiger partial charge in [0, 0.05) is 17.7 Å². The Kier molecular flexibility index (Phi) is 4.23. The average molecular weight is 261 g/mol. The standard InChI is InChI=1S/C15H16FNO2/c1-18-15-7-2-12(16)10-11(15)8-9-19-14-5-3-13(17)4-6-14/h2-7,10H,8-9,17H2,1H3. The number of anilines is 1. The van der Waals surface area contributed by atoms with Gasteiger partial charge in [-0.2, -0.15) is 0 Å². The third-order valence-corrected chi connectivity index (χ3v) is 2.76. The molecular weight excluding hydrogens is 245 g/mol. The summed E-state index contributed by atoms with van der Waals surface area (Å²) in [4.78, 5) is 0. The lowest BCUT2D eigenvalue weighted by Gasteiger charge is -2.10. The number of rotatable bonds is 5. The number of ether oxygens (including phenoxy) is 2. The van der Waals surface area contributed by atoms with Crippen molar-refractivity contribution >= 4 is 5.69 Å². The number of halogens is 1. The van der Waals surface area contributed by atoms with Gasteiger partial charge in [-0.3, -0.25) is 0 Å². The number of nitrogens with two attached hydrogens (primary N) is 1. The molecule has 2 rings (SSSR count). The summed E-state index contributed by atoms with van der Waals surface area (Å²) in [6.07, 6.45) is 0.575. The molecule has 0 aliphatic heterocycles. The van der Waals surface area contributed by atoms with E-state index >= 15 is 0 Å². The number of methoxy groups -OCH3 is 1. The van der Waals surface area contributed by atoms with E-state index in [9.17, 15) is 4.39 Å². The minimum atomic E-state index is -0.275. The zero-order valence-electron chi connectivity index (χ0n) is 10.7. The van der Waals surface area contributed by atoms with Gasteiger partial charge in [0.1, 0.15) is 17.3 Å². The molecule has 0 fully saturated rings. The Bertz CT molecular complexity index is 540. The molecule has 0 aliphatic rings. The Morgan fingerprint density at radius 3 is 2.53 bits per heavy atom. The van der Waals surface area contributed by atoms with Gasteiger partial charge in [0.15, 0.2) is 0 Å². The first-order valence-electron chi connectivity index (χ1n) is 6.00. The van der Waals surface area contributed by atoms with Crippen LogP contribution in [0.3, 0.4) is 0 Å². The molecule has 2 N–H and O–H groups in total. The molecule has 4 heteroatoms. The van der Waals surface area contributed by atoms with Crippen LogP contribution in [0.2, 0.25) is 0 Å². The summed E-state index contributed by atoms with van der Waals surface area (Å²) in [7, 11) is 1.57. The lowest BCUT2D eigenvalue weighted by Crippen LogP contribution is -2.03. The Hall–Kier alpha value is -2.23. The van der Waals surface area contributed by atoms with E-state index in [1.54, 1.807) is 37.4 Å². The maximum Gasteiger partial charge on any atom is 0.123 e. The summed E-state index contributed by atoms with van der Waals surface area (Å²) in [5.41, 5.74) is 7.07. The Morgan fingerprint density at radius 1 is 1.11 bits per heavy atom. The number of hydrogen-bond acceptors (Lipinski definition) is 3.